The third-order valence-electron chi connectivity index (χ3n) is 5.88. The van der Waals surface area contributed by atoms with Gasteiger partial charge in [-0.05, 0) is 30.7 Å². The van der Waals surface area contributed by atoms with Crippen LogP contribution in [-0.2, 0) is 16.1 Å². The number of benzene rings is 2. The molecule has 0 saturated carbocycles. The van der Waals surface area contributed by atoms with Gasteiger partial charge in [0.15, 0.2) is 11.5 Å². The van der Waals surface area contributed by atoms with Crippen molar-refractivity contribution in [1.82, 2.24) is 14.7 Å². The summed E-state index contributed by atoms with van der Waals surface area (Å²) in [6.07, 6.45) is 0.354. The number of ether oxygens (including phenoxy) is 2. The van der Waals surface area contributed by atoms with E-state index in [9.17, 15) is 9.59 Å². The lowest BCUT2D eigenvalue weighted by Crippen LogP contribution is -2.56. The monoisotopic (exact) mass is 437 g/mol. The smallest absolute Gasteiger partial charge is 0.267 e. The van der Waals surface area contributed by atoms with E-state index in [-0.39, 0.29) is 18.4 Å². The molecule has 0 spiro atoms. The molecular weight excluding hydrogens is 406 g/mol. The van der Waals surface area contributed by atoms with E-state index in [1.165, 1.54) is 5.56 Å². The Balaban J connectivity index is 1.27. The highest BCUT2D eigenvalue weighted by Crippen LogP contribution is 2.31. The molecule has 2 amide bonds. The number of para-hydroxylation sites is 2. The fourth-order valence-corrected chi connectivity index (χ4v) is 4.18. The first-order chi connectivity index (χ1) is 15.6. The third-order valence-corrected chi connectivity index (χ3v) is 5.88. The van der Waals surface area contributed by atoms with Crippen molar-refractivity contribution < 1.29 is 19.1 Å². The molecular formula is C25H31N3O4. The van der Waals surface area contributed by atoms with Crippen molar-refractivity contribution in [3.05, 3.63) is 60.2 Å². The second kappa shape index (κ2) is 10.5. The van der Waals surface area contributed by atoms with Crippen molar-refractivity contribution >= 4 is 11.8 Å². The van der Waals surface area contributed by atoms with Crippen LogP contribution in [0.2, 0.25) is 0 Å². The summed E-state index contributed by atoms with van der Waals surface area (Å²) in [5.74, 6) is 1.30. The van der Waals surface area contributed by atoms with Gasteiger partial charge in [0.2, 0.25) is 12.0 Å². The average Bonchev–Trinajstić information content (AvgIpc) is 2.84. The number of hydrogen-bond donors (Lipinski definition) is 0. The van der Waals surface area contributed by atoms with E-state index in [1.54, 1.807) is 4.90 Å². The summed E-state index contributed by atoms with van der Waals surface area (Å²) >= 11 is 0. The first kappa shape index (κ1) is 22.1. The van der Waals surface area contributed by atoms with Crippen LogP contribution in [0.25, 0.3) is 0 Å². The summed E-state index contributed by atoms with van der Waals surface area (Å²) in [7, 11) is 0. The van der Waals surface area contributed by atoms with Gasteiger partial charge in [-0.15, -0.1) is 0 Å². The molecule has 4 rings (SSSR count). The van der Waals surface area contributed by atoms with Crippen molar-refractivity contribution in [1.29, 1.82) is 0 Å². The van der Waals surface area contributed by atoms with Crippen molar-refractivity contribution in [2.24, 2.45) is 0 Å². The van der Waals surface area contributed by atoms with Gasteiger partial charge in [0, 0.05) is 32.7 Å². The van der Waals surface area contributed by atoms with Crippen LogP contribution in [0.15, 0.2) is 54.6 Å². The molecule has 0 N–H and O–H groups in total. The first-order valence-electron chi connectivity index (χ1n) is 11.4. The van der Waals surface area contributed by atoms with E-state index < -0.39 is 6.10 Å². The maximum atomic E-state index is 12.9. The van der Waals surface area contributed by atoms with Crippen LogP contribution in [0.1, 0.15) is 18.9 Å². The average molecular weight is 438 g/mol. The Morgan fingerprint density at radius 3 is 2.31 bits per heavy atom. The molecule has 7 nitrogen and oxygen atoms in total. The van der Waals surface area contributed by atoms with Crippen LogP contribution in [-0.4, -0.2) is 78.5 Å². The second-order valence-corrected chi connectivity index (χ2v) is 8.27. The fourth-order valence-electron chi connectivity index (χ4n) is 4.18. The van der Waals surface area contributed by atoms with Gasteiger partial charge in [0.1, 0.15) is 6.61 Å². The van der Waals surface area contributed by atoms with Crippen LogP contribution in [0.3, 0.4) is 0 Å². The lowest BCUT2D eigenvalue weighted by atomic mass is 10.2. The Hall–Kier alpha value is -3.06. The van der Waals surface area contributed by atoms with Gasteiger partial charge < -0.3 is 19.3 Å². The van der Waals surface area contributed by atoms with E-state index in [4.69, 9.17) is 9.47 Å². The molecule has 0 aromatic heterocycles. The van der Waals surface area contributed by atoms with Crippen molar-refractivity contribution in [2.45, 2.75) is 26.0 Å². The SMILES string of the molecule is CCCN(CC(=O)N1CCN(C(=O)[C@@H]2COc3ccccc3O2)CC1)Cc1ccccc1. The van der Waals surface area contributed by atoms with Crippen LogP contribution < -0.4 is 9.47 Å². The maximum Gasteiger partial charge on any atom is 0.267 e. The summed E-state index contributed by atoms with van der Waals surface area (Å²) in [6.45, 7) is 6.48. The summed E-state index contributed by atoms with van der Waals surface area (Å²) in [5.41, 5.74) is 1.21. The number of carbonyl (C=O) groups is 2. The van der Waals surface area contributed by atoms with E-state index in [1.807, 2.05) is 47.4 Å². The molecule has 7 heteroatoms. The molecule has 0 unspecified atom stereocenters. The predicted molar refractivity (Wildman–Crippen MR) is 122 cm³/mol. The highest BCUT2D eigenvalue weighted by Gasteiger charge is 2.33. The van der Waals surface area contributed by atoms with Gasteiger partial charge in [0.25, 0.3) is 5.91 Å². The number of fused-ring (bicyclic) bond motifs is 1. The highest BCUT2D eigenvalue weighted by atomic mass is 16.6. The quantitative estimate of drug-likeness (QED) is 0.666. The Morgan fingerprint density at radius 1 is 0.938 bits per heavy atom. The molecule has 0 bridgehead atoms. The second-order valence-electron chi connectivity index (χ2n) is 8.27. The molecule has 1 atom stereocenters. The zero-order valence-corrected chi connectivity index (χ0v) is 18.6. The topological polar surface area (TPSA) is 62.3 Å². The van der Waals surface area contributed by atoms with Gasteiger partial charge in [-0.3, -0.25) is 14.5 Å². The Morgan fingerprint density at radius 2 is 1.59 bits per heavy atom. The van der Waals surface area contributed by atoms with Crippen LogP contribution >= 0.6 is 0 Å². The Kier molecular flexibility index (Phi) is 7.27. The first-order valence-corrected chi connectivity index (χ1v) is 11.4. The lowest BCUT2D eigenvalue weighted by molar-refractivity contribution is -0.146. The highest BCUT2D eigenvalue weighted by molar-refractivity contribution is 5.83. The molecule has 1 saturated heterocycles. The minimum atomic E-state index is -0.641. The molecule has 0 radical (unpaired) electrons. The zero-order chi connectivity index (χ0) is 22.3. The van der Waals surface area contributed by atoms with Crippen molar-refractivity contribution in [3.8, 4) is 11.5 Å². The van der Waals surface area contributed by atoms with E-state index in [0.29, 0.717) is 44.2 Å². The van der Waals surface area contributed by atoms with Crippen LogP contribution in [0.4, 0.5) is 0 Å². The molecule has 32 heavy (non-hydrogen) atoms. The van der Waals surface area contributed by atoms with Crippen molar-refractivity contribution in [3.63, 3.8) is 0 Å². The van der Waals surface area contributed by atoms with Gasteiger partial charge in [-0.25, -0.2) is 0 Å². The molecule has 2 aromatic rings. The van der Waals surface area contributed by atoms with Gasteiger partial charge in [0.05, 0.1) is 6.54 Å². The molecule has 2 aliphatic heterocycles. The summed E-state index contributed by atoms with van der Waals surface area (Å²) in [6, 6.07) is 17.6. The third kappa shape index (κ3) is 5.40. The maximum absolute atomic E-state index is 12.9. The van der Waals surface area contributed by atoms with E-state index in [0.717, 1.165) is 19.5 Å². The largest absolute Gasteiger partial charge is 0.485 e. The predicted octanol–water partition coefficient (Wildman–Crippen LogP) is 2.41. The standard InChI is InChI=1S/C25H31N3O4/c1-2-12-26(17-20-8-4-3-5-9-20)18-24(29)27-13-15-28(16-14-27)25(30)23-19-31-21-10-6-7-11-22(21)32-23/h3-11,23H,2,12-19H2,1H3/t23-/m0/s1. The molecule has 0 aliphatic carbocycles. The minimum Gasteiger partial charge on any atom is -0.485 e. The van der Waals surface area contributed by atoms with Crippen molar-refractivity contribution in [2.75, 3.05) is 45.9 Å². The number of nitrogens with zero attached hydrogens (tertiary/aromatic N) is 3. The molecule has 1 fully saturated rings. The molecule has 2 heterocycles. The number of hydrogen-bond acceptors (Lipinski definition) is 5. The van der Waals surface area contributed by atoms with Crippen LogP contribution in [0, 0.1) is 0 Å². The molecule has 170 valence electrons. The zero-order valence-electron chi connectivity index (χ0n) is 18.6. The minimum absolute atomic E-state index is 0.0803. The number of carbonyl (C=O) groups excluding carboxylic acids is 2. The number of rotatable bonds is 7. The van der Waals surface area contributed by atoms with E-state index in [2.05, 4.69) is 24.0 Å². The fraction of sp³-hybridized carbons (Fsp3) is 0.440. The van der Waals surface area contributed by atoms with Crippen LogP contribution in [0.5, 0.6) is 11.5 Å². The summed E-state index contributed by atoms with van der Waals surface area (Å²) in [4.78, 5) is 31.7. The lowest BCUT2D eigenvalue weighted by Gasteiger charge is -2.37. The van der Waals surface area contributed by atoms with E-state index >= 15 is 0 Å². The Labute approximate surface area is 189 Å². The number of piperazine rings is 1. The molecule has 2 aliphatic rings. The van der Waals surface area contributed by atoms with Gasteiger partial charge in [-0.1, -0.05) is 49.4 Å². The van der Waals surface area contributed by atoms with Gasteiger partial charge >= 0.3 is 0 Å². The normalized spacial score (nSPS) is 18.0. The number of amides is 2. The Bertz CT molecular complexity index is 912. The van der Waals surface area contributed by atoms with Gasteiger partial charge in [-0.2, -0.15) is 0 Å². The summed E-state index contributed by atoms with van der Waals surface area (Å²) in [5, 5.41) is 0. The summed E-state index contributed by atoms with van der Waals surface area (Å²) < 4.78 is 11.5. The molecule has 2 aromatic carbocycles.